The van der Waals surface area contributed by atoms with Crippen LogP contribution >= 0.6 is 0 Å². The van der Waals surface area contributed by atoms with E-state index in [1.165, 1.54) is 19.3 Å². The lowest BCUT2D eigenvalue weighted by molar-refractivity contribution is -0.00832. The van der Waals surface area contributed by atoms with Crippen molar-refractivity contribution in [3.05, 3.63) is 0 Å². The Morgan fingerprint density at radius 1 is 1.07 bits per heavy atom. The van der Waals surface area contributed by atoms with Crippen LogP contribution < -0.4 is 4.72 Å². The number of hydrogen-bond acceptors (Lipinski definition) is 2. The first-order valence-corrected chi connectivity index (χ1v) is 6.60. The molecule has 14 heavy (non-hydrogen) atoms. The molecule has 4 aliphatic carbocycles. The van der Waals surface area contributed by atoms with Gasteiger partial charge in [0.2, 0.25) is 0 Å². The molecule has 4 saturated carbocycles. The van der Waals surface area contributed by atoms with Gasteiger partial charge >= 0.3 is 0 Å². The first-order valence-electron chi connectivity index (χ1n) is 5.52. The Morgan fingerprint density at radius 3 is 1.86 bits per heavy atom. The van der Waals surface area contributed by atoms with Crippen molar-refractivity contribution in [1.29, 1.82) is 0 Å². The summed E-state index contributed by atoms with van der Waals surface area (Å²) in [7, 11) is 0. The molecular weight excluding hydrogens is 198 g/mol. The molecule has 0 aliphatic heterocycles. The summed E-state index contributed by atoms with van der Waals surface area (Å²) in [6, 6.07) is 0. The molecule has 1 N–H and O–H groups in total. The monoisotopic (exact) mass is 214 g/mol. The van der Waals surface area contributed by atoms with Crippen LogP contribution in [0.5, 0.6) is 0 Å². The largest absolute Gasteiger partial charge is 0.760 e. The maximum absolute atomic E-state index is 10.8. The van der Waals surface area contributed by atoms with E-state index in [0.717, 1.165) is 37.0 Å². The fourth-order valence-electron chi connectivity index (χ4n) is 4.41. The third-order valence-electron chi connectivity index (χ3n) is 4.34. The van der Waals surface area contributed by atoms with Crippen molar-refractivity contribution in [3.8, 4) is 0 Å². The average Bonchev–Trinajstić information content (AvgIpc) is 1.96. The highest BCUT2D eigenvalue weighted by Crippen LogP contribution is 2.55. The van der Waals surface area contributed by atoms with Gasteiger partial charge in [-0.1, -0.05) is 0 Å². The third kappa shape index (κ3) is 1.44. The Hall–Kier alpha value is 0.0700. The van der Waals surface area contributed by atoms with E-state index in [0.29, 0.717) is 0 Å². The van der Waals surface area contributed by atoms with Gasteiger partial charge in [-0.3, -0.25) is 4.21 Å². The highest BCUT2D eigenvalue weighted by Gasteiger charge is 2.50. The molecule has 3 nitrogen and oxygen atoms in total. The fraction of sp³-hybridized carbons (Fsp3) is 1.00. The second-order valence-corrected chi connectivity index (χ2v) is 6.21. The van der Waals surface area contributed by atoms with Crippen LogP contribution in [-0.4, -0.2) is 14.3 Å². The Labute approximate surface area is 87.1 Å². The lowest BCUT2D eigenvalue weighted by Crippen LogP contribution is -2.58. The molecule has 0 aromatic rings. The summed E-state index contributed by atoms with van der Waals surface area (Å²) < 4.78 is 24.3. The van der Waals surface area contributed by atoms with E-state index in [1.54, 1.807) is 0 Å². The van der Waals surface area contributed by atoms with E-state index in [9.17, 15) is 8.76 Å². The first-order chi connectivity index (χ1) is 6.65. The molecule has 4 aliphatic rings. The molecule has 0 spiro atoms. The van der Waals surface area contributed by atoms with Crippen LogP contribution in [0.15, 0.2) is 0 Å². The van der Waals surface area contributed by atoms with Crippen LogP contribution in [0, 0.1) is 17.8 Å². The van der Waals surface area contributed by atoms with Gasteiger partial charge in [0.25, 0.3) is 0 Å². The summed E-state index contributed by atoms with van der Waals surface area (Å²) in [4.78, 5) is 0. The molecule has 0 amide bonds. The standard InChI is InChI=1S/C10H17NO2S/c12-14(13)11-10-4-7-1-8(5-10)3-9(2-7)6-10/h7-9,11H,1-6H2,(H,12,13)/p-1. The molecule has 1 unspecified atom stereocenters. The summed E-state index contributed by atoms with van der Waals surface area (Å²) in [5, 5.41) is 0. The van der Waals surface area contributed by atoms with E-state index in [4.69, 9.17) is 0 Å². The molecule has 0 saturated heterocycles. The maximum atomic E-state index is 10.8. The van der Waals surface area contributed by atoms with E-state index in [1.807, 2.05) is 0 Å². The average molecular weight is 214 g/mol. The normalized spacial score (nSPS) is 52.2. The molecule has 4 rings (SSSR count). The zero-order valence-corrected chi connectivity index (χ0v) is 9.02. The minimum Gasteiger partial charge on any atom is -0.760 e. The van der Waals surface area contributed by atoms with Gasteiger partial charge in [-0.05, 0) is 56.3 Å². The predicted molar refractivity (Wildman–Crippen MR) is 53.0 cm³/mol. The zero-order valence-electron chi connectivity index (χ0n) is 8.20. The Morgan fingerprint density at radius 2 is 1.50 bits per heavy atom. The lowest BCUT2D eigenvalue weighted by Gasteiger charge is -2.57. The van der Waals surface area contributed by atoms with Gasteiger partial charge in [0.15, 0.2) is 0 Å². The minimum absolute atomic E-state index is 0.0403. The first kappa shape index (κ1) is 9.31. The highest BCUT2D eigenvalue weighted by molar-refractivity contribution is 7.77. The van der Waals surface area contributed by atoms with Gasteiger partial charge < -0.3 is 4.55 Å². The second-order valence-electron chi connectivity index (χ2n) is 5.53. The van der Waals surface area contributed by atoms with Gasteiger partial charge in [-0.2, -0.15) is 0 Å². The zero-order chi connectivity index (χ0) is 9.76. The highest BCUT2D eigenvalue weighted by atomic mass is 32.2. The van der Waals surface area contributed by atoms with Crippen LogP contribution in [-0.2, 0) is 11.3 Å². The van der Waals surface area contributed by atoms with E-state index in [-0.39, 0.29) is 5.54 Å². The van der Waals surface area contributed by atoms with Crippen LogP contribution in [0.25, 0.3) is 0 Å². The Balaban J connectivity index is 1.83. The molecule has 0 aromatic heterocycles. The molecule has 4 fully saturated rings. The van der Waals surface area contributed by atoms with Crippen molar-refractivity contribution in [1.82, 2.24) is 4.72 Å². The number of nitrogens with one attached hydrogen (secondary N) is 1. The van der Waals surface area contributed by atoms with Gasteiger partial charge in [0, 0.05) is 16.8 Å². The molecule has 4 heteroatoms. The van der Waals surface area contributed by atoms with Crippen molar-refractivity contribution in [2.75, 3.05) is 0 Å². The molecule has 1 atom stereocenters. The van der Waals surface area contributed by atoms with Crippen molar-refractivity contribution < 1.29 is 8.76 Å². The fourth-order valence-corrected chi connectivity index (χ4v) is 5.02. The van der Waals surface area contributed by atoms with E-state index < -0.39 is 11.3 Å². The summed E-state index contributed by atoms with van der Waals surface area (Å²) in [5.74, 6) is 2.41. The molecular formula is C10H16NO2S-. The van der Waals surface area contributed by atoms with Crippen LogP contribution in [0.2, 0.25) is 0 Å². The second kappa shape index (κ2) is 3.03. The van der Waals surface area contributed by atoms with Gasteiger partial charge in [-0.25, -0.2) is 4.72 Å². The smallest absolute Gasteiger partial charge is 0.0303 e. The van der Waals surface area contributed by atoms with E-state index in [2.05, 4.69) is 4.72 Å². The van der Waals surface area contributed by atoms with Crippen molar-refractivity contribution in [2.45, 2.75) is 44.1 Å². The van der Waals surface area contributed by atoms with Gasteiger partial charge in [0.1, 0.15) is 0 Å². The molecule has 0 aromatic carbocycles. The Bertz CT molecular complexity index is 244. The molecule has 80 valence electrons. The van der Waals surface area contributed by atoms with E-state index >= 15 is 0 Å². The summed E-state index contributed by atoms with van der Waals surface area (Å²) >= 11 is -2.08. The summed E-state index contributed by atoms with van der Waals surface area (Å²) in [5.41, 5.74) is -0.0403. The van der Waals surface area contributed by atoms with Crippen molar-refractivity contribution in [3.63, 3.8) is 0 Å². The maximum Gasteiger partial charge on any atom is 0.0303 e. The minimum atomic E-state index is -2.08. The molecule has 4 bridgehead atoms. The lowest BCUT2D eigenvalue weighted by atomic mass is 9.53. The van der Waals surface area contributed by atoms with Crippen molar-refractivity contribution in [2.24, 2.45) is 17.8 Å². The predicted octanol–water partition coefficient (Wildman–Crippen LogP) is 1.34. The SMILES string of the molecule is O=S([O-])NC12CC3CC(CC(C3)C1)C2. The van der Waals surface area contributed by atoms with Crippen molar-refractivity contribution >= 4 is 11.3 Å². The van der Waals surface area contributed by atoms with Crippen LogP contribution in [0.1, 0.15) is 38.5 Å². The van der Waals surface area contributed by atoms with Crippen LogP contribution in [0.3, 0.4) is 0 Å². The summed E-state index contributed by atoms with van der Waals surface area (Å²) in [6.07, 6.45) is 7.33. The summed E-state index contributed by atoms with van der Waals surface area (Å²) in [6.45, 7) is 0. The van der Waals surface area contributed by atoms with Gasteiger partial charge in [-0.15, -0.1) is 0 Å². The molecule has 0 radical (unpaired) electrons. The topological polar surface area (TPSA) is 52.2 Å². The third-order valence-corrected chi connectivity index (χ3v) is 4.94. The quantitative estimate of drug-likeness (QED) is 0.705. The molecule has 0 heterocycles. The van der Waals surface area contributed by atoms with Crippen LogP contribution in [0.4, 0.5) is 0 Å². The Kier molecular flexibility index (Phi) is 2.01. The number of rotatable bonds is 2. The van der Waals surface area contributed by atoms with Gasteiger partial charge in [0.05, 0.1) is 0 Å². The number of hydrogen-bond donors (Lipinski definition) is 1.